The van der Waals surface area contributed by atoms with Gasteiger partial charge in [-0.15, -0.1) is 0 Å². The van der Waals surface area contributed by atoms with Crippen LogP contribution in [0.5, 0.6) is 0 Å². The molecule has 0 aliphatic carbocycles. The number of nitrogens with one attached hydrogen (secondary N) is 1. The van der Waals surface area contributed by atoms with Gasteiger partial charge in [0.15, 0.2) is 0 Å². The second-order valence-electron chi connectivity index (χ2n) is 5.08. The third-order valence-corrected chi connectivity index (χ3v) is 3.44. The molecule has 5 nitrogen and oxygen atoms in total. The lowest BCUT2D eigenvalue weighted by atomic mass is 10.1. The van der Waals surface area contributed by atoms with Crippen molar-refractivity contribution in [1.29, 1.82) is 0 Å². The first kappa shape index (κ1) is 14.7. The highest BCUT2D eigenvalue weighted by Gasteiger charge is 2.36. The molecule has 6 heteroatoms. The van der Waals surface area contributed by atoms with E-state index in [0.717, 1.165) is 9.37 Å². The molecule has 0 bridgehead atoms. The zero-order valence-corrected chi connectivity index (χ0v) is 12.9. The fraction of sp³-hybridized carbons (Fsp3) is 0.357. The molecule has 0 atom stereocenters. The molecule has 0 aromatic heterocycles. The molecule has 0 radical (unpaired) electrons. The normalized spacial score (nSPS) is 13.9. The Hall–Kier alpha value is -1.69. The van der Waals surface area contributed by atoms with Crippen LogP contribution in [0.4, 0.5) is 0 Å². The van der Waals surface area contributed by atoms with Crippen LogP contribution < -0.4 is 5.32 Å². The van der Waals surface area contributed by atoms with Crippen LogP contribution in [-0.4, -0.2) is 35.7 Å². The summed E-state index contributed by atoms with van der Waals surface area (Å²) in [5, 5.41) is 2.69. The molecule has 1 aromatic rings. The summed E-state index contributed by atoms with van der Waals surface area (Å²) in [7, 11) is 0. The third-order valence-electron chi connectivity index (χ3n) is 2.94. The van der Waals surface area contributed by atoms with E-state index in [4.69, 9.17) is 0 Å². The number of hydrogen-bond donors (Lipinski definition) is 1. The van der Waals surface area contributed by atoms with Crippen molar-refractivity contribution in [2.24, 2.45) is 5.92 Å². The van der Waals surface area contributed by atoms with Crippen molar-refractivity contribution in [3.05, 3.63) is 33.8 Å². The van der Waals surface area contributed by atoms with Gasteiger partial charge < -0.3 is 5.32 Å². The number of amides is 3. The summed E-state index contributed by atoms with van der Waals surface area (Å²) in [5.41, 5.74) is 0.677. The Bertz CT molecular complexity index is 584. The second kappa shape index (κ2) is 5.75. The lowest BCUT2D eigenvalue weighted by molar-refractivity contribution is -0.121. The molecule has 1 aromatic carbocycles. The van der Waals surface area contributed by atoms with Gasteiger partial charge in [-0.05, 0) is 24.1 Å². The SMILES string of the molecule is CC(C)CNC(=O)CN1C(=O)c2ccc(Br)cc2C1=O. The van der Waals surface area contributed by atoms with Crippen molar-refractivity contribution < 1.29 is 14.4 Å². The van der Waals surface area contributed by atoms with E-state index < -0.39 is 11.8 Å². The second-order valence-corrected chi connectivity index (χ2v) is 6.00. The van der Waals surface area contributed by atoms with E-state index in [-0.39, 0.29) is 12.5 Å². The molecule has 20 heavy (non-hydrogen) atoms. The lowest BCUT2D eigenvalue weighted by Gasteiger charge is -2.14. The number of rotatable bonds is 4. The highest BCUT2D eigenvalue weighted by atomic mass is 79.9. The summed E-state index contributed by atoms with van der Waals surface area (Å²) in [4.78, 5) is 37.0. The summed E-state index contributed by atoms with van der Waals surface area (Å²) in [6.07, 6.45) is 0. The van der Waals surface area contributed by atoms with Gasteiger partial charge in [-0.25, -0.2) is 0 Å². The predicted octanol–water partition coefficient (Wildman–Crippen LogP) is 1.82. The predicted molar refractivity (Wildman–Crippen MR) is 77.4 cm³/mol. The summed E-state index contributed by atoms with van der Waals surface area (Å²) >= 11 is 3.26. The average Bonchev–Trinajstić information content (AvgIpc) is 2.61. The maximum Gasteiger partial charge on any atom is 0.262 e. The molecule has 3 amide bonds. The Kier molecular flexibility index (Phi) is 4.23. The average molecular weight is 339 g/mol. The molecule has 1 aliphatic heterocycles. The van der Waals surface area contributed by atoms with Gasteiger partial charge in [-0.2, -0.15) is 0 Å². The largest absolute Gasteiger partial charge is 0.354 e. The number of fused-ring (bicyclic) bond motifs is 1. The summed E-state index contributed by atoms with van der Waals surface area (Å²) in [6, 6.07) is 4.89. The van der Waals surface area contributed by atoms with Gasteiger partial charge >= 0.3 is 0 Å². The van der Waals surface area contributed by atoms with Crippen LogP contribution in [0.1, 0.15) is 34.6 Å². The maximum atomic E-state index is 12.1. The Morgan fingerprint density at radius 2 is 1.90 bits per heavy atom. The van der Waals surface area contributed by atoms with Gasteiger partial charge in [0.2, 0.25) is 5.91 Å². The molecule has 0 fully saturated rings. The number of benzene rings is 1. The molecule has 2 rings (SSSR count). The van der Waals surface area contributed by atoms with E-state index in [1.165, 1.54) is 0 Å². The standard InChI is InChI=1S/C14H15BrN2O3/c1-8(2)6-16-12(18)7-17-13(19)10-4-3-9(15)5-11(10)14(17)20/h3-5,8H,6-7H2,1-2H3,(H,16,18). The number of carbonyl (C=O) groups excluding carboxylic acids is 3. The van der Waals surface area contributed by atoms with Crippen molar-refractivity contribution in [2.45, 2.75) is 13.8 Å². The van der Waals surface area contributed by atoms with Crippen molar-refractivity contribution in [3.63, 3.8) is 0 Å². The Morgan fingerprint density at radius 1 is 1.25 bits per heavy atom. The molecule has 0 saturated heterocycles. The molecule has 0 saturated carbocycles. The van der Waals surface area contributed by atoms with Crippen LogP contribution in [0.3, 0.4) is 0 Å². The molecule has 106 valence electrons. The highest BCUT2D eigenvalue weighted by molar-refractivity contribution is 9.10. The Balaban J connectivity index is 2.11. The van der Waals surface area contributed by atoms with Gasteiger partial charge in [0.1, 0.15) is 6.54 Å². The fourth-order valence-corrected chi connectivity index (χ4v) is 2.29. The molecule has 1 N–H and O–H groups in total. The van der Waals surface area contributed by atoms with Crippen molar-refractivity contribution >= 4 is 33.7 Å². The van der Waals surface area contributed by atoms with E-state index in [0.29, 0.717) is 23.6 Å². The van der Waals surface area contributed by atoms with Crippen molar-refractivity contribution in [1.82, 2.24) is 10.2 Å². The van der Waals surface area contributed by atoms with E-state index >= 15 is 0 Å². The number of halogens is 1. The summed E-state index contributed by atoms with van der Waals surface area (Å²) in [6.45, 7) is 4.23. The zero-order chi connectivity index (χ0) is 14.9. The Labute approximate surface area is 125 Å². The first-order valence-electron chi connectivity index (χ1n) is 6.32. The van der Waals surface area contributed by atoms with Gasteiger partial charge in [0, 0.05) is 11.0 Å². The minimum absolute atomic E-state index is 0.239. The van der Waals surface area contributed by atoms with Crippen molar-refractivity contribution in [3.8, 4) is 0 Å². The van der Waals surface area contributed by atoms with Crippen LogP contribution >= 0.6 is 15.9 Å². The fourth-order valence-electron chi connectivity index (χ4n) is 1.92. The monoisotopic (exact) mass is 338 g/mol. The van der Waals surface area contributed by atoms with Gasteiger partial charge in [0.25, 0.3) is 11.8 Å². The van der Waals surface area contributed by atoms with E-state index in [1.54, 1.807) is 18.2 Å². The molecular formula is C14H15BrN2O3. The van der Waals surface area contributed by atoms with Crippen LogP contribution in [0, 0.1) is 5.92 Å². The first-order chi connectivity index (χ1) is 9.40. The minimum Gasteiger partial charge on any atom is -0.354 e. The molecule has 1 aliphatic rings. The molecule has 0 spiro atoms. The van der Waals surface area contributed by atoms with E-state index in [9.17, 15) is 14.4 Å². The number of nitrogens with zero attached hydrogens (tertiary/aromatic N) is 1. The smallest absolute Gasteiger partial charge is 0.262 e. The first-order valence-corrected chi connectivity index (χ1v) is 7.12. The molecule has 0 unspecified atom stereocenters. The van der Waals surface area contributed by atoms with Gasteiger partial charge in [0.05, 0.1) is 11.1 Å². The third kappa shape index (κ3) is 2.90. The highest BCUT2D eigenvalue weighted by Crippen LogP contribution is 2.25. The zero-order valence-electron chi connectivity index (χ0n) is 11.3. The van der Waals surface area contributed by atoms with E-state index in [1.807, 2.05) is 13.8 Å². The van der Waals surface area contributed by atoms with Crippen LogP contribution in [0.2, 0.25) is 0 Å². The lowest BCUT2D eigenvalue weighted by Crippen LogP contribution is -2.41. The summed E-state index contributed by atoms with van der Waals surface area (Å²) in [5.74, 6) is -0.854. The summed E-state index contributed by atoms with van der Waals surface area (Å²) < 4.78 is 0.725. The van der Waals surface area contributed by atoms with Gasteiger partial charge in [-0.3, -0.25) is 19.3 Å². The molecule has 1 heterocycles. The van der Waals surface area contributed by atoms with Crippen molar-refractivity contribution in [2.75, 3.05) is 13.1 Å². The topological polar surface area (TPSA) is 66.5 Å². The van der Waals surface area contributed by atoms with Crippen LogP contribution in [0.15, 0.2) is 22.7 Å². The number of hydrogen-bond acceptors (Lipinski definition) is 3. The number of carbonyl (C=O) groups is 3. The van der Waals surface area contributed by atoms with Gasteiger partial charge in [-0.1, -0.05) is 29.8 Å². The maximum absolute atomic E-state index is 12.1. The van der Waals surface area contributed by atoms with E-state index in [2.05, 4.69) is 21.2 Å². The Morgan fingerprint density at radius 3 is 2.55 bits per heavy atom. The van der Waals surface area contributed by atoms with Crippen LogP contribution in [0.25, 0.3) is 0 Å². The minimum atomic E-state index is -0.425. The number of imide groups is 1. The van der Waals surface area contributed by atoms with Crippen LogP contribution in [-0.2, 0) is 4.79 Å². The quantitative estimate of drug-likeness (QED) is 0.851. The molecular weight excluding hydrogens is 324 g/mol.